The van der Waals surface area contributed by atoms with Crippen molar-refractivity contribution >= 4 is 28.4 Å². The second kappa shape index (κ2) is 10.2. The number of allylic oxidation sites excluding steroid dienone is 3. The standard InChI is InChI=1S/C32H36N2O5/c1-17-8-7-10-23-30(38)20(4)19(3)28-25(15-21-16-33-24-11-6-5-9-22(21)24)34-31(39)32(23,28)27(36)13-12-26(35)29(37)18(2)14-17/h5-7,9-14,16-17,23,25,28-30,33,37-38H,8,15H2,1-4H3,(H,34,39)/b10-7-,13-12-,18-14-/t17-,23-,25-,28-,29+,30+,32-/m0/s1. The number of fused-ring (bicyclic) bond motifs is 1. The number of H-pyrrole nitrogens is 1. The molecule has 5 rings (SSSR count). The van der Waals surface area contributed by atoms with Crippen molar-refractivity contribution in [1.29, 1.82) is 0 Å². The predicted octanol–water partition coefficient (Wildman–Crippen LogP) is 3.74. The molecule has 1 amide bonds. The fraction of sp³-hybridized carbons (Fsp3) is 0.406. The Labute approximate surface area is 228 Å². The van der Waals surface area contributed by atoms with Gasteiger partial charge in [0.05, 0.1) is 6.10 Å². The fourth-order valence-corrected chi connectivity index (χ4v) is 6.88. The molecule has 1 saturated heterocycles. The summed E-state index contributed by atoms with van der Waals surface area (Å²) in [5, 5.41) is 26.2. The first-order valence-electron chi connectivity index (χ1n) is 13.6. The molecule has 0 unspecified atom stereocenters. The molecule has 2 aromatic rings. The third-order valence-corrected chi connectivity index (χ3v) is 9.00. The van der Waals surface area contributed by atoms with E-state index in [0.29, 0.717) is 18.4 Å². The van der Waals surface area contributed by atoms with E-state index >= 15 is 0 Å². The number of ketones is 2. The third-order valence-electron chi connectivity index (χ3n) is 9.00. The Balaban J connectivity index is 1.65. The van der Waals surface area contributed by atoms with Gasteiger partial charge in [-0.1, -0.05) is 48.9 Å². The van der Waals surface area contributed by atoms with Crippen molar-refractivity contribution in [3.63, 3.8) is 0 Å². The number of aromatic amines is 1. The van der Waals surface area contributed by atoms with E-state index in [9.17, 15) is 24.6 Å². The van der Waals surface area contributed by atoms with Gasteiger partial charge in [-0.2, -0.15) is 0 Å². The highest BCUT2D eigenvalue weighted by atomic mass is 16.3. The van der Waals surface area contributed by atoms with Crippen molar-refractivity contribution in [2.75, 3.05) is 0 Å². The van der Waals surface area contributed by atoms with Crippen LogP contribution in [-0.4, -0.2) is 50.9 Å². The molecule has 39 heavy (non-hydrogen) atoms. The van der Waals surface area contributed by atoms with Gasteiger partial charge in [0.15, 0.2) is 11.6 Å². The van der Waals surface area contributed by atoms with Crippen molar-refractivity contribution in [3.8, 4) is 0 Å². The van der Waals surface area contributed by atoms with E-state index in [0.717, 1.165) is 39.8 Å². The lowest BCUT2D eigenvalue weighted by atomic mass is 9.55. The van der Waals surface area contributed by atoms with Gasteiger partial charge in [0, 0.05) is 35.0 Å². The Morgan fingerprint density at radius 1 is 1.03 bits per heavy atom. The molecule has 1 fully saturated rings. The number of nitrogens with one attached hydrogen (secondary N) is 2. The van der Waals surface area contributed by atoms with Crippen LogP contribution in [0.3, 0.4) is 0 Å². The van der Waals surface area contributed by atoms with Crippen molar-refractivity contribution in [2.24, 2.45) is 23.2 Å². The maximum Gasteiger partial charge on any atom is 0.235 e. The van der Waals surface area contributed by atoms with E-state index in [2.05, 4.69) is 10.3 Å². The number of benzene rings is 1. The summed E-state index contributed by atoms with van der Waals surface area (Å²) in [6.45, 7) is 7.40. The van der Waals surface area contributed by atoms with Crippen molar-refractivity contribution in [3.05, 3.63) is 83.1 Å². The highest BCUT2D eigenvalue weighted by Gasteiger charge is 2.66. The van der Waals surface area contributed by atoms with E-state index in [4.69, 9.17) is 0 Å². The molecule has 1 spiro atoms. The first kappa shape index (κ1) is 27.0. The molecule has 4 N–H and O–H groups in total. The van der Waals surface area contributed by atoms with Crippen LogP contribution in [0.25, 0.3) is 10.9 Å². The number of rotatable bonds is 2. The number of aromatic nitrogens is 1. The van der Waals surface area contributed by atoms with E-state index in [1.54, 1.807) is 6.92 Å². The van der Waals surface area contributed by atoms with E-state index in [-0.39, 0.29) is 5.92 Å². The maximum absolute atomic E-state index is 14.2. The molecule has 1 aromatic heterocycles. The van der Waals surface area contributed by atoms with Crippen LogP contribution in [0.15, 0.2) is 77.6 Å². The Morgan fingerprint density at radius 3 is 2.54 bits per heavy atom. The highest BCUT2D eigenvalue weighted by Crippen LogP contribution is 2.55. The summed E-state index contributed by atoms with van der Waals surface area (Å²) in [5.74, 6) is -2.94. The first-order valence-corrected chi connectivity index (χ1v) is 13.6. The zero-order chi connectivity index (χ0) is 28.1. The molecule has 204 valence electrons. The minimum absolute atomic E-state index is 0.00187. The van der Waals surface area contributed by atoms with Gasteiger partial charge in [-0.25, -0.2) is 0 Å². The molecule has 2 heterocycles. The summed E-state index contributed by atoms with van der Waals surface area (Å²) < 4.78 is 0. The topological polar surface area (TPSA) is 119 Å². The normalized spacial score (nSPS) is 36.7. The highest BCUT2D eigenvalue weighted by molar-refractivity contribution is 6.15. The average Bonchev–Trinajstić information content (AvgIpc) is 3.45. The smallest absolute Gasteiger partial charge is 0.235 e. The molecule has 2 aliphatic carbocycles. The molecule has 0 saturated carbocycles. The zero-order valence-corrected chi connectivity index (χ0v) is 22.8. The minimum Gasteiger partial charge on any atom is -0.388 e. The fourth-order valence-electron chi connectivity index (χ4n) is 6.88. The number of amides is 1. The monoisotopic (exact) mass is 528 g/mol. The summed E-state index contributed by atoms with van der Waals surface area (Å²) in [5.41, 5.74) is 2.46. The lowest BCUT2D eigenvalue weighted by molar-refractivity contribution is -0.144. The van der Waals surface area contributed by atoms with Gasteiger partial charge in [-0.05, 0) is 74.5 Å². The van der Waals surface area contributed by atoms with Crippen molar-refractivity contribution in [2.45, 2.75) is 58.8 Å². The molecular weight excluding hydrogens is 492 g/mol. The number of carbonyl (C=O) groups excluding carboxylic acids is 3. The number of para-hydroxylation sites is 1. The van der Waals surface area contributed by atoms with Crippen LogP contribution in [0, 0.1) is 23.2 Å². The second-order valence-electron chi connectivity index (χ2n) is 11.4. The number of hydrogen-bond acceptors (Lipinski definition) is 5. The number of aliphatic hydroxyl groups excluding tert-OH is 2. The van der Waals surface area contributed by atoms with E-state index in [1.165, 1.54) is 0 Å². The van der Waals surface area contributed by atoms with Crippen LogP contribution in [0.2, 0.25) is 0 Å². The van der Waals surface area contributed by atoms with E-state index < -0.39 is 53.0 Å². The van der Waals surface area contributed by atoms with Gasteiger partial charge in [0.1, 0.15) is 11.5 Å². The number of carbonyl (C=O) groups is 3. The first-order chi connectivity index (χ1) is 18.6. The zero-order valence-electron chi connectivity index (χ0n) is 22.8. The number of aliphatic hydroxyl groups is 2. The minimum atomic E-state index is -1.63. The molecule has 7 atom stereocenters. The van der Waals surface area contributed by atoms with Gasteiger partial charge in [0.25, 0.3) is 0 Å². The Hall–Kier alpha value is -3.55. The second-order valence-corrected chi connectivity index (χ2v) is 11.4. The average molecular weight is 529 g/mol. The van der Waals surface area contributed by atoms with Crippen molar-refractivity contribution in [1.82, 2.24) is 10.3 Å². The molecular formula is C32H36N2O5. The van der Waals surface area contributed by atoms with E-state index in [1.807, 2.05) is 69.5 Å². The largest absolute Gasteiger partial charge is 0.388 e. The molecule has 7 nitrogen and oxygen atoms in total. The quantitative estimate of drug-likeness (QED) is 0.350. The summed E-state index contributed by atoms with van der Waals surface area (Å²) in [6, 6.07) is 7.55. The maximum atomic E-state index is 14.2. The predicted molar refractivity (Wildman–Crippen MR) is 150 cm³/mol. The van der Waals surface area contributed by atoms with Crippen LogP contribution < -0.4 is 5.32 Å². The summed E-state index contributed by atoms with van der Waals surface area (Å²) >= 11 is 0. The van der Waals surface area contributed by atoms with Gasteiger partial charge in [-0.3, -0.25) is 14.4 Å². The lowest BCUT2D eigenvalue weighted by Gasteiger charge is -2.45. The summed E-state index contributed by atoms with van der Waals surface area (Å²) in [7, 11) is 0. The lowest BCUT2D eigenvalue weighted by Crippen LogP contribution is -2.55. The molecule has 0 bridgehead atoms. The van der Waals surface area contributed by atoms with Crippen molar-refractivity contribution < 1.29 is 24.6 Å². The van der Waals surface area contributed by atoms with Gasteiger partial charge in [-0.15, -0.1) is 0 Å². The van der Waals surface area contributed by atoms with Gasteiger partial charge >= 0.3 is 0 Å². The molecule has 1 aliphatic heterocycles. The van der Waals surface area contributed by atoms with Crippen LogP contribution in [-0.2, 0) is 20.8 Å². The Kier molecular flexibility index (Phi) is 7.08. The SMILES string of the molecule is CC1=C(C)[C@H]2[C@H](Cc3c[nH]c4ccccc34)NC(=O)[C@@]23C(=O)/C=C\C(=O)[C@H](O)/C(C)=C\[C@@H](C)C/C=C\[C@H]3[C@@H]1O. The van der Waals surface area contributed by atoms with Crippen LogP contribution in [0.1, 0.15) is 39.7 Å². The van der Waals surface area contributed by atoms with Crippen LogP contribution in [0.4, 0.5) is 0 Å². The third kappa shape index (κ3) is 4.34. The van der Waals surface area contributed by atoms with Gasteiger partial charge < -0.3 is 20.5 Å². The van der Waals surface area contributed by atoms with Gasteiger partial charge in [0.2, 0.25) is 5.91 Å². The number of hydrogen-bond donors (Lipinski definition) is 4. The van der Waals surface area contributed by atoms with Crippen LogP contribution >= 0.6 is 0 Å². The molecule has 1 aromatic carbocycles. The Bertz CT molecular complexity index is 1460. The van der Waals surface area contributed by atoms with Crippen LogP contribution in [0.5, 0.6) is 0 Å². The summed E-state index contributed by atoms with van der Waals surface area (Å²) in [6.07, 6.45) is 8.34. The Morgan fingerprint density at radius 2 is 1.77 bits per heavy atom. The summed E-state index contributed by atoms with van der Waals surface area (Å²) in [4.78, 5) is 44.3. The molecule has 3 aliphatic rings. The molecule has 0 radical (unpaired) electrons. The molecule has 7 heteroatoms.